The molecule has 2 heteroatoms. The number of carbonyl (C=O) groups is 1. The Morgan fingerprint density at radius 1 is 1.47 bits per heavy atom. The molecule has 0 saturated heterocycles. The fourth-order valence-corrected chi connectivity index (χ4v) is 1.41. The van der Waals surface area contributed by atoms with Gasteiger partial charge in [-0.25, -0.2) is 0 Å². The third-order valence-electron chi connectivity index (χ3n) is 2.60. The van der Waals surface area contributed by atoms with Crippen molar-refractivity contribution in [3.05, 3.63) is 23.8 Å². The van der Waals surface area contributed by atoms with Gasteiger partial charge in [-0.1, -0.05) is 32.1 Å². The number of hydrogen-bond acceptors (Lipinski definition) is 1. The average Bonchev–Trinajstić information content (AvgIpc) is 3.01. The molecule has 1 saturated carbocycles. The van der Waals surface area contributed by atoms with Crippen LogP contribution in [-0.4, -0.2) is 12.5 Å². The van der Waals surface area contributed by atoms with E-state index in [1.165, 1.54) is 18.4 Å². The fraction of sp³-hybridized carbons (Fsp3) is 0.615. The van der Waals surface area contributed by atoms with E-state index in [0.717, 1.165) is 0 Å². The van der Waals surface area contributed by atoms with Crippen molar-refractivity contribution in [1.82, 2.24) is 5.32 Å². The van der Waals surface area contributed by atoms with Crippen molar-refractivity contribution < 1.29 is 4.79 Å². The first-order chi connectivity index (χ1) is 7.15. The van der Waals surface area contributed by atoms with Crippen LogP contribution in [-0.2, 0) is 4.79 Å². The van der Waals surface area contributed by atoms with Crippen LogP contribution in [0.1, 0.15) is 33.6 Å². The van der Waals surface area contributed by atoms with Crippen LogP contribution in [0.5, 0.6) is 0 Å². The largest absolute Gasteiger partial charge is 0.352 e. The molecule has 1 aliphatic rings. The van der Waals surface area contributed by atoms with E-state index in [-0.39, 0.29) is 11.8 Å². The SMILES string of the molecule is C/C=C\C=C(\CNC(=O)C(C)C)C1CC1. The summed E-state index contributed by atoms with van der Waals surface area (Å²) in [5.41, 5.74) is 1.36. The van der Waals surface area contributed by atoms with Gasteiger partial charge in [-0.2, -0.15) is 0 Å². The molecule has 0 bridgehead atoms. The zero-order valence-electron chi connectivity index (χ0n) is 9.92. The minimum atomic E-state index is 0.0761. The van der Waals surface area contributed by atoms with E-state index in [1.807, 2.05) is 26.8 Å². The topological polar surface area (TPSA) is 29.1 Å². The molecule has 1 rings (SSSR count). The molecule has 0 aromatic rings. The van der Waals surface area contributed by atoms with Crippen LogP contribution < -0.4 is 5.32 Å². The van der Waals surface area contributed by atoms with Gasteiger partial charge in [-0.3, -0.25) is 4.79 Å². The Morgan fingerprint density at radius 2 is 2.13 bits per heavy atom. The van der Waals surface area contributed by atoms with Gasteiger partial charge in [0.1, 0.15) is 0 Å². The van der Waals surface area contributed by atoms with Crippen LogP contribution in [0.2, 0.25) is 0 Å². The first kappa shape index (κ1) is 12.0. The van der Waals surface area contributed by atoms with Crippen LogP contribution >= 0.6 is 0 Å². The van der Waals surface area contributed by atoms with Crippen molar-refractivity contribution in [2.75, 3.05) is 6.54 Å². The van der Waals surface area contributed by atoms with Gasteiger partial charge in [0.05, 0.1) is 0 Å². The van der Waals surface area contributed by atoms with Gasteiger partial charge in [0.15, 0.2) is 0 Å². The summed E-state index contributed by atoms with van der Waals surface area (Å²) >= 11 is 0. The van der Waals surface area contributed by atoms with Gasteiger partial charge in [0.2, 0.25) is 5.91 Å². The standard InChI is InChI=1S/C13H21NO/c1-4-5-6-12(11-7-8-11)9-14-13(15)10(2)3/h4-6,10-11H,7-9H2,1-3H3,(H,14,15)/b5-4-,12-6-. The quantitative estimate of drug-likeness (QED) is 0.690. The third-order valence-corrected chi connectivity index (χ3v) is 2.60. The van der Waals surface area contributed by atoms with Crippen molar-refractivity contribution in [3.63, 3.8) is 0 Å². The van der Waals surface area contributed by atoms with Gasteiger partial charge in [-0.05, 0) is 31.3 Å². The molecule has 0 spiro atoms. The molecule has 0 heterocycles. The smallest absolute Gasteiger partial charge is 0.222 e. The first-order valence-electron chi connectivity index (χ1n) is 5.74. The molecule has 0 radical (unpaired) electrons. The zero-order chi connectivity index (χ0) is 11.3. The van der Waals surface area contributed by atoms with Crippen molar-refractivity contribution in [2.24, 2.45) is 11.8 Å². The van der Waals surface area contributed by atoms with E-state index < -0.39 is 0 Å². The highest BCUT2D eigenvalue weighted by molar-refractivity contribution is 5.78. The molecule has 1 aliphatic carbocycles. The highest BCUT2D eigenvalue weighted by Crippen LogP contribution is 2.36. The van der Waals surface area contributed by atoms with Crippen LogP contribution in [0.4, 0.5) is 0 Å². The average molecular weight is 207 g/mol. The summed E-state index contributed by atoms with van der Waals surface area (Å²) < 4.78 is 0. The number of amides is 1. The van der Waals surface area contributed by atoms with Crippen molar-refractivity contribution in [1.29, 1.82) is 0 Å². The maximum Gasteiger partial charge on any atom is 0.222 e. The molecule has 0 atom stereocenters. The molecule has 1 N–H and O–H groups in total. The van der Waals surface area contributed by atoms with Crippen molar-refractivity contribution in [2.45, 2.75) is 33.6 Å². The van der Waals surface area contributed by atoms with Crippen molar-refractivity contribution in [3.8, 4) is 0 Å². The third kappa shape index (κ3) is 4.32. The summed E-state index contributed by atoms with van der Waals surface area (Å²) in [5, 5.41) is 2.97. The lowest BCUT2D eigenvalue weighted by molar-refractivity contribution is -0.123. The molecule has 1 amide bonds. The lowest BCUT2D eigenvalue weighted by atomic mass is 10.1. The minimum absolute atomic E-state index is 0.0761. The van der Waals surface area contributed by atoms with Crippen molar-refractivity contribution >= 4 is 5.91 Å². The Morgan fingerprint density at radius 3 is 2.60 bits per heavy atom. The monoisotopic (exact) mass is 207 g/mol. The van der Waals surface area contributed by atoms with E-state index in [2.05, 4.69) is 17.5 Å². The van der Waals surface area contributed by atoms with Crippen LogP contribution in [0.25, 0.3) is 0 Å². The molecule has 0 aliphatic heterocycles. The summed E-state index contributed by atoms with van der Waals surface area (Å²) in [4.78, 5) is 11.4. The molecular formula is C13H21NO. The van der Waals surface area contributed by atoms with Gasteiger partial charge >= 0.3 is 0 Å². The van der Waals surface area contributed by atoms with E-state index in [1.54, 1.807) is 0 Å². The summed E-state index contributed by atoms with van der Waals surface area (Å²) in [6.45, 7) is 6.56. The van der Waals surface area contributed by atoms with Gasteiger partial charge in [0.25, 0.3) is 0 Å². The Bertz CT molecular complexity index is 272. The van der Waals surface area contributed by atoms with Gasteiger partial charge < -0.3 is 5.32 Å². The Hall–Kier alpha value is -1.05. The maximum atomic E-state index is 11.4. The predicted molar refractivity (Wildman–Crippen MR) is 63.5 cm³/mol. The lowest BCUT2D eigenvalue weighted by Gasteiger charge is -2.09. The second-order valence-corrected chi connectivity index (χ2v) is 4.41. The van der Waals surface area contributed by atoms with Gasteiger partial charge in [-0.15, -0.1) is 0 Å². The van der Waals surface area contributed by atoms with Crippen LogP contribution in [0.15, 0.2) is 23.8 Å². The summed E-state index contributed by atoms with van der Waals surface area (Å²) in [6.07, 6.45) is 8.77. The number of allylic oxidation sites excluding steroid dienone is 3. The van der Waals surface area contributed by atoms with Crippen LogP contribution in [0, 0.1) is 11.8 Å². The first-order valence-corrected chi connectivity index (χ1v) is 5.74. The Labute approximate surface area is 92.4 Å². The number of rotatable bonds is 5. The molecule has 0 unspecified atom stereocenters. The van der Waals surface area contributed by atoms with E-state index >= 15 is 0 Å². The number of nitrogens with one attached hydrogen (secondary N) is 1. The van der Waals surface area contributed by atoms with Crippen LogP contribution in [0.3, 0.4) is 0 Å². The molecular weight excluding hydrogens is 186 g/mol. The molecule has 1 fully saturated rings. The maximum absolute atomic E-state index is 11.4. The molecule has 84 valence electrons. The number of carbonyl (C=O) groups excluding carboxylic acids is 1. The Balaban J connectivity index is 2.42. The van der Waals surface area contributed by atoms with E-state index in [4.69, 9.17) is 0 Å². The summed E-state index contributed by atoms with van der Waals surface area (Å²) in [5.74, 6) is 0.933. The normalized spacial score (nSPS) is 17.5. The summed E-state index contributed by atoms with van der Waals surface area (Å²) in [6, 6.07) is 0. The second kappa shape index (κ2) is 5.74. The highest BCUT2D eigenvalue weighted by Gasteiger charge is 2.25. The predicted octanol–water partition coefficient (Wildman–Crippen LogP) is 2.67. The second-order valence-electron chi connectivity index (χ2n) is 4.41. The fourth-order valence-electron chi connectivity index (χ4n) is 1.41. The summed E-state index contributed by atoms with van der Waals surface area (Å²) in [7, 11) is 0. The molecule has 2 nitrogen and oxygen atoms in total. The molecule has 0 aromatic carbocycles. The highest BCUT2D eigenvalue weighted by atomic mass is 16.1. The zero-order valence-corrected chi connectivity index (χ0v) is 9.92. The van der Waals surface area contributed by atoms with Gasteiger partial charge in [0, 0.05) is 12.5 Å². The number of hydrogen-bond donors (Lipinski definition) is 1. The minimum Gasteiger partial charge on any atom is -0.352 e. The lowest BCUT2D eigenvalue weighted by Crippen LogP contribution is -2.29. The molecule has 0 aromatic heterocycles. The van der Waals surface area contributed by atoms with E-state index in [9.17, 15) is 4.79 Å². The van der Waals surface area contributed by atoms with E-state index in [0.29, 0.717) is 12.5 Å². The Kier molecular flexibility index (Phi) is 4.60. The molecule has 15 heavy (non-hydrogen) atoms.